The average Bonchev–Trinajstić information content (AvgIpc) is 2.97. The molecule has 0 aromatic carbocycles. The van der Waals surface area contributed by atoms with E-state index in [4.69, 9.17) is 9.52 Å². The highest BCUT2D eigenvalue weighted by atomic mass is 16.4. The molecule has 5 nitrogen and oxygen atoms in total. The Kier molecular flexibility index (Phi) is 3.17. The van der Waals surface area contributed by atoms with Gasteiger partial charge < -0.3 is 14.4 Å². The van der Waals surface area contributed by atoms with E-state index in [1.807, 2.05) is 6.92 Å². The maximum Gasteiger partial charge on any atom is 0.308 e. The highest BCUT2D eigenvalue weighted by Gasteiger charge is 2.32. The SMILES string of the molecule is CCc1ccc(C(=O)N2CC[C@@H](C(=O)O)C2)o1. The van der Waals surface area contributed by atoms with Crippen molar-refractivity contribution < 1.29 is 19.1 Å². The lowest BCUT2D eigenvalue weighted by Gasteiger charge is -2.13. The van der Waals surface area contributed by atoms with Crippen molar-refractivity contribution in [2.75, 3.05) is 13.1 Å². The van der Waals surface area contributed by atoms with Crippen LogP contribution >= 0.6 is 0 Å². The summed E-state index contributed by atoms with van der Waals surface area (Å²) in [6, 6.07) is 3.42. The highest BCUT2D eigenvalue weighted by molar-refractivity contribution is 5.92. The number of carbonyl (C=O) groups is 2. The summed E-state index contributed by atoms with van der Waals surface area (Å²) in [6.07, 6.45) is 1.26. The third kappa shape index (κ3) is 2.33. The number of carboxylic acids is 1. The summed E-state index contributed by atoms with van der Waals surface area (Å²) in [5.41, 5.74) is 0. The molecule has 92 valence electrons. The van der Waals surface area contributed by atoms with E-state index in [2.05, 4.69) is 0 Å². The van der Waals surface area contributed by atoms with Crippen molar-refractivity contribution in [2.45, 2.75) is 19.8 Å². The van der Waals surface area contributed by atoms with Crippen LogP contribution in [0.3, 0.4) is 0 Å². The van der Waals surface area contributed by atoms with Gasteiger partial charge in [0.05, 0.1) is 5.92 Å². The molecule has 0 aliphatic carbocycles. The minimum Gasteiger partial charge on any atom is -0.481 e. The maximum absolute atomic E-state index is 12.0. The molecule has 1 N–H and O–H groups in total. The monoisotopic (exact) mass is 237 g/mol. The first-order valence-corrected chi connectivity index (χ1v) is 5.72. The van der Waals surface area contributed by atoms with Gasteiger partial charge in [0, 0.05) is 19.5 Å². The minimum atomic E-state index is -0.839. The molecular formula is C12H15NO4. The Morgan fingerprint density at radius 2 is 2.29 bits per heavy atom. The number of rotatable bonds is 3. The zero-order chi connectivity index (χ0) is 12.4. The van der Waals surface area contributed by atoms with Crippen molar-refractivity contribution in [3.8, 4) is 0 Å². The molecule has 1 aromatic heterocycles. The second-order valence-electron chi connectivity index (χ2n) is 4.19. The van der Waals surface area contributed by atoms with Crippen LogP contribution < -0.4 is 0 Å². The van der Waals surface area contributed by atoms with Crippen molar-refractivity contribution >= 4 is 11.9 Å². The van der Waals surface area contributed by atoms with Gasteiger partial charge >= 0.3 is 5.97 Å². The number of aryl methyl sites for hydroxylation is 1. The molecule has 1 fully saturated rings. The topological polar surface area (TPSA) is 70.8 Å². The van der Waals surface area contributed by atoms with Gasteiger partial charge in [0.1, 0.15) is 5.76 Å². The highest BCUT2D eigenvalue weighted by Crippen LogP contribution is 2.20. The molecule has 5 heteroatoms. The Labute approximate surface area is 99.0 Å². The number of furan rings is 1. The van der Waals surface area contributed by atoms with Crippen LogP contribution in [0.4, 0.5) is 0 Å². The third-order valence-corrected chi connectivity index (χ3v) is 3.05. The van der Waals surface area contributed by atoms with Gasteiger partial charge in [0.25, 0.3) is 5.91 Å². The van der Waals surface area contributed by atoms with Crippen LogP contribution in [0.1, 0.15) is 29.7 Å². The van der Waals surface area contributed by atoms with Gasteiger partial charge in [-0.3, -0.25) is 9.59 Å². The fourth-order valence-corrected chi connectivity index (χ4v) is 1.99. The number of likely N-dealkylation sites (tertiary alicyclic amines) is 1. The van der Waals surface area contributed by atoms with Crippen molar-refractivity contribution in [2.24, 2.45) is 5.92 Å². The first-order valence-electron chi connectivity index (χ1n) is 5.72. The first kappa shape index (κ1) is 11.7. The molecule has 1 aliphatic rings. The van der Waals surface area contributed by atoms with E-state index in [-0.39, 0.29) is 12.5 Å². The quantitative estimate of drug-likeness (QED) is 0.862. The molecule has 1 atom stereocenters. The molecule has 1 amide bonds. The van der Waals surface area contributed by atoms with Gasteiger partial charge in [-0.15, -0.1) is 0 Å². The second kappa shape index (κ2) is 4.61. The molecule has 1 aromatic rings. The lowest BCUT2D eigenvalue weighted by atomic mass is 10.1. The van der Waals surface area contributed by atoms with E-state index in [1.165, 1.54) is 4.90 Å². The van der Waals surface area contributed by atoms with Crippen LogP contribution in [-0.4, -0.2) is 35.0 Å². The standard InChI is InChI=1S/C12H15NO4/c1-2-9-3-4-10(17-9)11(14)13-6-5-8(7-13)12(15)16/h3-4,8H,2,5-7H2,1H3,(H,15,16)/t8-/m1/s1. The number of carboxylic acid groups (broad SMARTS) is 1. The number of hydrogen-bond acceptors (Lipinski definition) is 3. The second-order valence-corrected chi connectivity index (χ2v) is 4.19. The molecule has 17 heavy (non-hydrogen) atoms. The summed E-state index contributed by atoms with van der Waals surface area (Å²) in [4.78, 5) is 24.3. The lowest BCUT2D eigenvalue weighted by molar-refractivity contribution is -0.141. The Morgan fingerprint density at radius 3 is 2.82 bits per heavy atom. The van der Waals surface area contributed by atoms with Crippen molar-refractivity contribution in [1.82, 2.24) is 4.90 Å². The smallest absolute Gasteiger partial charge is 0.308 e. The van der Waals surface area contributed by atoms with Crippen LogP contribution in [0.2, 0.25) is 0 Å². The predicted octanol–water partition coefficient (Wildman–Crippen LogP) is 1.39. The Hall–Kier alpha value is -1.78. The molecule has 2 heterocycles. The number of nitrogens with zero attached hydrogens (tertiary/aromatic N) is 1. The third-order valence-electron chi connectivity index (χ3n) is 3.05. The first-order chi connectivity index (χ1) is 8.11. The summed E-state index contributed by atoms with van der Waals surface area (Å²) < 4.78 is 5.36. The normalized spacial score (nSPS) is 19.6. The molecule has 0 unspecified atom stereocenters. The van der Waals surface area contributed by atoms with Crippen molar-refractivity contribution in [3.05, 3.63) is 23.7 Å². The largest absolute Gasteiger partial charge is 0.481 e. The molecule has 0 radical (unpaired) electrons. The molecule has 1 saturated heterocycles. The number of aliphatic carboxylic acids is 1. The van der Waals surface area contributed by atoms with Gasteiger partial charge in [0.15, 0.2) is 5.76 Å². The maximum atomic E-state index is 12.0. The van der Waals surface area contributed by atoms with Crippen molar-refractivity contribution in [1.29, 1.82) is 0 Å². The molecule has 2 rings (SSSR count). The summed E-state index contributed by atoms with van der Waals surface area (Å²) in [5, 5.41) is 8.86. The Morgan fingerprint density at radius 1 is 1.53 bits per heavy atom. The van der Waals surface area contributed by atoms with Crippen LogP contribution in [0.25, 0.3) is 0 Å². The van der Waals surface area contributed by atoms with Gasteiger partial charge in [-0.1, -0.05) is 6.92 Å². The Balaban J connectivity index is 2.04. The van der Waals surface area contributed by atoms with Crippen LogP contribution in [0.15, 0.2) is 16.5 Å². The molecule has 1 aliphatic heterocycles. The van der Waals surface area contributed by atoms with E-state index >= 15 is 0 Å². The van der Waals surface area contributed by atoms with Crippen LogP contribution in [-0.2, 0) is 11.2 Å². The number of hydrogen-bond donors (Lipinski definition) is 1. The molecule has 0 bridgehead atoms. The average molecular weight is 237 g/mol. The van der Waals surface area contributed by atoms with Gasteiger partial charge in [-0.25, -0.2) is 0 Å². The van der Waals surface area contributed by atoms with Gasteiger partial charge in [-0.2, -0.15) is 0 Å². The van der Waals surface area contributed by atoms with Crippen LogP contribution in [0.5, 0.6) is 0 Å². The molecule has 0 saturated carbocycles. The number of carbonyl (C=O) groups excluding carboxylic acids is 1. The lowest BCUT2D eigenvalue weighted by Crippen LogP contribution is -2.29. The zero-order valence-electron chi connectivity index (χ0n) is 9.68. The summed E-state index contributed by atoms with van der Waals surface area (Å²) in [5.74, 6) is -0.433. The fraction of sp³-hybridized carbons (Fsp3) is 0.500. The fourth-order valence-electron chi connectivity index (χ4n) is 1.99. The van der Waals surface area contributed by atoms with E-state index in [0.29, 0.717) is 18.7 Å². The van der Waals surface area contributed by atoms with E-state index < -0.39 is 11.9 Å². The molecular weight excluding hydrogens is 222 g/mol. The predicted molar refractivity (Wildman–Crippen MR) is 59.7 cm³/mol. The van der Waals surface area contributed by atoms with E-state index in [0.717, 1.165) is 12.2 Å². The minimum absolute atomic E-state index is 0.214. The number of amides is 1. The summed E-state index contributed by atoms with van der Waals surface area (Å²) >= 11 is 0. The summed E-state index contributed by atoms with van der Waals surface area (Å²) in [7, 11) is 0. The summed E-state index contributed by atoms with van der Waals surface area (Å²) in [6.45, 7) is 2.71. The van der Waals surface area contributed by atoms with Gasteiger partial charge in [0.2, 0.25) is 0 Å². The Bertz CT molecular complexity index is 437. The molecule has 0 spiro atoms. The van der Waals surface area contributed by atoms with Crippen LogP contribution in [0, 0.1) is 5.92 Å². The van der Waals surface area contributed by atoms with E-state index in [1.54, 1.807) is 12.1 Å². The zero-order valence-corrected chi connectivity index (χ0v) is 9.68. The van der Waals surface area contributed by atoms with Crippen molar-refractivity contribution in [3.63, 3.8) is 0 Å². The van der Waals surface area contributed by atoms with Gasteiger partial charge in [-0.05, 0) is 18.6 Å². The van der Waals surface area contributed by atoms with E-state index in [9.17, 15) is 9.59 Å².